The molecule has 1 fully saturated rings. The lowest BCUT2D eigenvalue weighted by Crippen LogP contribution is -2.36. The molecule has 0 radical (unpaired) electrons. The Morgan fingerprint density at radius 3 is 2.80 bits per heavy atom. The van der Waals surface area contributed by atoms with Crippen LogP contribution in [0.5, 0.6) is 5.75 Å². The molecule has 1 saturated heterocycles. The first-order valence-corrected chi connectivity index (χ1v) is 10.4. The van der Waals surface area contributed by atoms with Crippen molar-refractivity contribution in [3.63, 3.8) is 0 Å². The molecule has 9 heteroatoms. The molecule has 2 aromatic rings. The van der Waals surface area contributed by atoms with Crippen molar-refractivity contribution in [2.75, 3.05) is 18.5 Å². The number of thioether (sulfide) groups is 1. The quantitative estimate of drug-likeness (QED) is 0.342. The second-order valence-electron chi connectivity index (χ2n) is 6.01. The highest BCUT2D eigenvalue weighted by atomic mass is 127. The van der Waals surface area contributed by atoms with Gasteiger partial charge in [-0.15, -0.1) is 6.42 Å². The summed E-state index contributed by atoms with van der Waals surface area (Å²) in [5.74, 6) is 1.33. The lowest BCUT2D eigenvalue weighted by atomic mass is 10.2. The molecule has 0 unspecified atom stereocenters. The SMILES string of the molecule is C#CCOc1ccc(/C=C2/SC(=O)N(CC(=O)Nc3cccc(F)c3)C2=O)cc1I. The summed E-state index contributed by atoms with van der Waals surface area (Å²) in [4.78, 5) is 38.0. The second kappa shape index (κ2) is 9.77. The van der Waals surface area contributed by atoms with E-state index in [2.05, 4.69) is 33.8 Å². The molecule has 1 N–H and O–H groups in total. The molecular formula is C21H14FIN2O4S. The molecule has 6 nitrogen and oxygen atoms in total. The smallest absolute Gasteiger partial charge is 0.294 e. The molecular weight excluding hydrogens is 522 g/mol. The molecule has 3 rings (SSSR count). The van der Waals surface area contributed by atoms with Crippen molar-refractivity contribution in [3.05, 3.63) is 62.3 Å². The van der Waals surface area contributed by atoms with E-state index in [1.807, 2.05) is 0 Å². The molecule has 3 amide bonds. The van der Waals surface area contributed by atoms with Gasteiger partial charge in [0.25, 0.3) is 11.1 Å². The van der Waals surface area contributed by atoms with E-state index < -0.39 is 29.4 Å². The van der Waals surface area contributed by atoms with Crippen molar-refractivity contribution in [2.45, 2.75) is 0 Å². The number of benzene rings is 2. The summed E-state index contributed by atoms with van der Waals surface area (Å²) in [7, 11) is 0. The van der Waals surface area contributed by atoms with E-state index in [0.29, 0.717) is 11.3 Å². The molecule has 30 heavy (non-hydrogen) atoms. The van der Waals surface area contributed by atoms with Crippen molar-refractivity contribution in [1.82, 2.24) is 4.90 Å². The Morgan fingerprint density at radius 1 is 1.30 bits per heavy atom. The van der Waals surface area contributed by atoms with E-state index in [0.717, 1.165) is 26.3 Å². The van der Waals surface area contributed by atoms with E-state index in [1.165, 1.54) is 18.2 Å². The number of nitrogens with zero attached hydrogens (tertiary/aromatic N) is 1. The van der Waals surface area contributed by atoms with Gasteiger partial charge < -0.3 is 10.1 Å². The van der Waals surface area contributed by atoms with Gasteiger partial charge in [0.1, 0.15) is 24.7 Å². The van der Waals surface area contributed by atoms with Crippen LogP contribution in [0, 0.1) is 21.7 Å². The summed E-state index contributed by atoms with van der Waals surface area (Å²) in [6.07, 6.45) is 6.75. The predicted octanol–water partition coefficient (Wildman–Crippen LogP) is 4.12. The fraction of sp³-hybridized carbons (Fsp3) is 0.0952. The third kappa shape index (κ3) is 5.40. The number of nitrogens with one attached hydrogen (secondary N) is 1. The monoisotopic (exact) mass is 536 g/mol. The van der Waals surface area contributed by atoms with E-state index in [-0.39, 0.29) is 17.2 Å². The van der Waals surface area contributed by atoms with Crippen molar-refractivity contribution in [2.24, 2.45) is 0 Å². The average molecular weight is 536 g/mol. The van der Waals surface area contributed by atoms with E-state index in [4.69, 9.17) is 11.2 Å². The van der Waals surface area contributed by atoms with Gasteiger partial charge in [0.05, 0.1) is 8.48 Å². The Hall–Kier alpha value is -2.84. The third-order valence-electron chi connectivity index (χ3n) is 3.85. The minimum absolute atomic E-state index is 0.145. The number of terminal acetylenes is 1. The first kappa shape index (κ1) is 21.9. The van der Waals surface area contributed by atoms with Gasteiger partial charge in [0.15, 0.2) is 0 Å². The summed E-state index contributed by atoms with van der Waals surface area (Å²) in [5, 5.41) is 1.91. The first-order chi connectivity index (χ1) is 14.4. The number of carbonyl (C=O) groups excluding carboxylic acids is 3. The van der Waals surface area contributed by atoms with Gasteiger partial charge in [0.2, 0.25) is 5.91 Å². The van der Waals surface area contributed by atoms with Crippen LogP contribution in [0.15, 0.2) is 47.4 Å². The van der Waals surface area contributed by atoms with Crippen molar-refractivity contribution in [1.29, 1.82) is 0 Å². The third-order valence-corrected chi connectivity index (χ3v) is 5.60. The highest BCUT2D eigenvalue weighted by molar-refractivity contribution is 14.1. The van der Waals surface area contributed by atoms with Gasteiger partial charge in [-0.2, -0.15) is 0 Å². The maximum absolute atomic E-state index is 13.2. The summed E-state index contributed by atoms with van der Waals surface area (Å²) in [6, 6.07) is 10.6. The van der Waals surface area contributed by atoms with Crippen molar-refractivity contribution < 1.29 is 23.5 Å². The second-order valence-corrected chi connectivity index (χ2v) is 8.16. The molecule has 0 atom stereocenters. The Labute approximate surface area is 190 Å². The van der Waals surface area contributed by atoms with Gasteiger partial charge in [0, 0.05) is 5.69 Å². The lowest BCUT2D eigenvalue weighted by Gasteiger charge is -2.12. The molecule has 1 heterocycles. The van der Waals surface area contributed by atoms with Gasteiger partial charge in [-0.1, -0.05) is 18.1 Å². The Morgan fingerprint density at radius 2 is 2.10 bits per heavy atom. The highest BCUT2D eigenvalue weighted by Gasteiger charge is 2.36. The standard InChI is InChI=1S/C21H14FIN2O4S/c1-2-8-29-17-7-6-13(9-16(17)23)10-18-20(27)25(21(28)30-18)12-19(26)24-15-5-3-4-14(22)11-15/h1,3-7,9-11H,8,12H2,(H,24,26)/b18-10+. The average Bonchev–Trinajstić information content (AvgIpc) is 2.95. The topological polar surface area (TPSA) is 75.7 Å². The maximum Gasteiger partial charge on any atom is 0.294 e. The zero-order chi connectivity index (χ0) is 21.7. The zero-order valence-electron chi connectivity index (χ0n) is 15.4. The van der Waals surface area contributed by atoms with Crippen LogP contribution in [0.4, 0.5) is 14.9 Å². The fourth-order valence-electron chi connectivity index (χ4n) is 2.54. The molecule has 1 aliphatic heterocycles. The van der Waals surface area contributed by atoms with Gasteiger partial charge in [-0.3, -0.25) is 19.3 Å². The van der Waals surface area contributed by atoms with Crippen LogP contribution in [-0.2, 0) is 9.59 Å². The number of imide groups is 1. The lowest BCUT2D eigenvalue weighted by molar-refractivity contribution is -0.127. The number of hydrogen-bond acceptors (Lipinski definition) is 5. The Bertz CT molecular complexity index is 1100. The molecule has 0 aromatic heterocycles. The Balaban J connectivity index is 1.69. The number of amides is 3. The zero-order valence-corrected chi connectivity index (χ0v) is 18.3. The minimum Gasteiger partial charge on any atom is -0.480 e. The molecule has 0 aliphatic carbocycles. The number of halogens is 2. The van der Waals surface area contributed by atoms with Crippen molar-refractivity contribution in [3.8, 4) is 18.1 Å². The van der Waals surface area contributed by atoms with Crippen LogP contribution in [0.25, 0.3) is 6.08 Å². The Kier molecular flexibility index (Phi) is 7.12. The van der Waals surface area contributed by atoms with Crippen LogP contribution >= 0.6 is 34.4 Å². The van der Waals surface area contributed by atoms with Gasteiger partial charge in [-0.05, 0) is 76.3 Å². The van der Waals surface area contributed by atoms with Crippen LogP contribution < -0.4 is 10.1 Å². The summed E-state index contributed by atoms with van der Waals surface area (Å²) >= 11 is 2.83. The summed E-state index contributed by atoms with van der Waals surface area (Å²) in [6.45, 7) is -0.319. The van der Waals surface area contributed by atoms with Crippen LogP contribution in [0.3, 0.4) is 0 Å². The molecule has 152 valence electrons. The van der Waals surface area contributed by atoms with E-state index in [9.17, 15) is 18.8 Å². The number of anilines is 1. The normalized spacial score (nSPS) is 14.7. The molecule has 2 aromatic carbocycles. The van der Waals surface area contributed by atoms with Crippen LogP contribution in [0.2, 0.25) is 0 Å². The largest absolute Gasteiger partial charge is 0.480 e. The van der Waals surface area contributed by atoms with Crippen LogP contribution in [-0.4, -0.2) is 35.1 Å². The van der Waals surface area contributed by atoms with E-state index >= 15 is 0 Å². The highest BCUT2D eigenvalue weighted by Crippen LogP contribution is 2.33. The van der Waals surface area contributed by atoms with Crippen LogP contribution in [0.1, 0.15) is 5.56 Å². The summed E-state index contributed by atoms with van der Waals surface area (Å²) in [5.41, 5.74) is 0.936. The summed E-state index contributed by atoms with van der Waals surface area (Å²) < 4.78 is 19.4. The number of carbonyl (C=O) groups is 3. The molecule has 0 saturated carbocycles. The predicted molar refractivity (Wildman–Crippen MR) is 121 cm³/mol. The van der Waals surface area contributed by atoms with Gasteiger partial charge in [-0.25, -0.2) is 4.39 Å². The first-order valence-electron chi connectivity index (χ1n) is 8.54. The maximum atomic E-state index is 13.2. The molecule has 1 aliphatic rings. The number of ether oxygens (including phenoxy) is 1. The van der Waals surface area contributed by atoms with Gasteiger partial charge >= 0.3 is 0 Å². The number of hydrogen-bond donors (Lipinski definition) is 1. The fourth-order valence-corrected chi connectivity index (χ4v) is 4.07. The minimum atomic E-state index is -0.603. The number of rotatable bonds is 6. The molecule has 0 bridgehead atoms. The molecule has 0 spiro atoms. The van der Waals surface area contributed by atoms with Crippen molar-refractivity contribution >= 4 is 63.2 Å². The van der Waals surface area contributed by atoms with E-state index in [1.54, 1.807) is 24.3 Å².